The third-order valence-electron chi connectivity index (χ3n) is 4.04. The lowest BCUT2D eigenvalue weighted by molar-refractivity contribution is 0.249. The standard InChI is InChI=1S/C15H16ClN7/c16-13-2-1-12(9-17-13)10-21-5-7-22(8-6-21)15-4-3-14-19-18-11-23(14)20-15/h1-4,9,11H,5-8,10H2. The van der Waals surface area contributed by atoms with Gasteiger partial charge in [0, 0.05) is 38.9 Å². The Labute approximate surface area is 138 Å². The summed E-state index contributed by atoms with van der Waals surface area (Å²) in [5, 5.41) is 12.9. The fourth-order valence-electron chi connectivity index (χ4n) is 2.78. The van der Waals surface area contributed by atoms with Gasteiger partial charge in [-0.15, -0.1) is 15.3 Å². The van der Waals surface area contributed by atoms with Crippen molar-refractivity contribution in [3.8, 4) is 0 Å². The van der Waals surface area contributed by atoms with Gasteiger partial charge in [0.15, 0.2) is 5.65 Å². The lowest BCUT2D eigenvalue weighted by Gasteiger charge is -2.35. The Hall–Kier alpha value is -2.25. The smallest absolute Gasteiger partial charge is 0.177 e. The molecule has 0 unspecified atom stereocenters. The van der Waals surface area contributed by atoms with Gasteiger partial charge in [0.25, 0.3) is 0 Å². The molecule has 8 heteroatoms. The Morgan fingerprint density at radius 1 is 1.04 bits per heavy atom. The zero-order valence-corrected chi connectivity index (χ0v) is 13.3. The van der Waals surface area contributed by atoms with Gasteiger partial charge in [-0.1, -0.05) is 17.7 Å². The fourth-order valence-corrected chi connectivity index (χ4v) is 2.89. The van der Waals surface area contributed by atoms with E-state index in [2.05, 4.69) is 30.1 Å². The van der Waals surface area contributed by atoms with Crippen LogP contribution in [0.1, 0.15) is 5.56 Å². The maximum absolute atomic E-state index is 5.83. The second-order valence-corrected chi connectivity index (χ2v) is 5.96. The number of rotatable bonds is 3. The van der Waals surface area contributed by atoms with E-state index in [1.807, 2.05) is 30.5 Å². The van der Waals surface area contributed by atoms with Gasteiger partial charge in [0.1, 0.15) is 17.3 Å². The van der Waals surface area contributed by atoms with Crippen LogP contribution < -0.4 is 4.90 Å². The molecule has 0 aromatic carbocycles. The van der Waals surface area contributed by atoms with E-state index in [9.17, 15) is 0 Å². The molecular formula is C15H16ClN7. The highest BCUT2D eigenvalue weighted by Gasteiger charge is 2.18. The third-order valence-corrected chi connectivity index (χ3v) is 4.26. The van der Waals surface area contributed by atoms with Crippen molar-refractivity contribution in [2.75, 3.05) is 31.1 Å². The van der Waals surface area contributed by atoms with Crippen molar-refractivity contribution >= 4 is 23.1 Å². The Kier molecular flexibility index (Phi) is 3.80. The number of hydrogen-bond acceptors (Lipinski definition) is 6. The van der Waals surface area contributed by atoms with E-state index in [0.717, 1.165) is 44.2 Å². The van der Waals surface area contributed by atoms with Crippen molar-refractivity contribution in [1.29, 1.82) is 0 Å². The van der Waals surface area contributed by atoms with Crippen LogP contribution in [0.5, 0.6) is 0 Å². The topological polar surface area (TPSA) is 62.5 Å². The summed E-state index contributed by atoms with van der Waals surface area (Å²) >= 11 is 5.83. The van der Waals surface area contributed by atoms with Crippen LogP contribution in [0, 0.1) is 0 Å². The molecule has 0 spiro atoms. The largest absolute Gasteiger partial charge is 0.353 e. The number of nitrogens with zero attached hydrogens (tertiary/aromatic N) is 7. The summed E-state index contributed by atoms with van der Waals surface area (Å²) in [5.41, 5.74) is 1.95. The molecule has 1 fully saturated rings. The summed E-state index contributed by atoms with van der Waals surface area (Å²) in [6.45, 7) is 4.77. The first-order chi connectivity index (χ1) is 11.3. The highest BCUT2D eigenvalue weighted by atomic mass is 35.5. The fraction of sp³-hybridized carbons (Fsp3) is 0.333. The van der Waals surface area contributed by atoms with Crippen LogP contribution in [0.25, 0.3) is 5.65 Å². The van der Waals surface area contributed by atoms with Crippen molar-refractivity contribution in [2.24, 2.45) is 0 Å². The van der Waals surface area contributed by atoms with Crippen molar-refractivity contribution in [2.45, 2.75) is 6.54 Å². The van der Waals surface area contributed by atoms with Crippen molar-refractivity contribution < 1.29 is 0 Å². The van der Waals surface area contributed by atoms with E-state index >= 15 is 0 Å². The Bertz CT molecular complexity index is 793. The maximum atomic E-state index is 5.83. The maximum Gasteiger partial charge on any atom is 0.177 e. The van der Waals surface area contributed by atoms with E-state index in [1.165, 1.54) is 5.56 Å². The van der Waals surface area contributed by atoms with Gasteiger partial charge in [-0.3, -0.25) is 4.90 Å². The minimum Gasteiger partial charge on any atom is -0.353 e. The lowest BCUT2D eigenvalue weighted by atomic mass is 10.2. The molecule has 0 atom stereocenters. The summed E-state index contributed by atoms with van der Waals surface area (Å²) < 4.78 is 1.71. The summed E-state index contributed by atoms with van der Waals surface area (Å²) in [5.74, 6) is 0.963. The molecule has 0 N–H and O–H groups in total. The average molecular weight is 330 g/mol. The molecule has 23 heavy (non-hydrogen) atoms. The molecular weight excluding hydrogens is 314 g/mol. The van der Waals surface area contributed by atoms with Crippen LogP contribution in [-0.2, 0) is 6.54 Å². The number of hydrogen-bond donors (Lipinski definition) is 0. The van der Waals surface area contributed by atoms with Crippen molar-refractivity contribution in [3.63, 3.8) is 0 Å². The van der Waals surface area contributed by atoms with Crippen LogP contribution in [0.3, 0.4) is 0 Å². The normalized spacial score (nSPS) is 16.1. The molecule has 3 aromatic heterocycles. The number of piperazine rings is 1. The van der Waals surface area contributed by atoms with Crippen LogP contribution in [0.2, 0.25) is 5.15 Å². The van der Waals surface area contributed by atoms with E-state index in [1.54, 1.807) is 10.8 Å². The van der Waals surface area contributed by atoms with Gasteiger partial charge in [-0.25, -0.2) is 4.98 Å². The molecule has 1 aliphatic heterocycles. The molecule has 0 radical (unpaired) electrons. The molecule has 118 valence electrons. The van der Waals surface area contributed by atoms with E-state index in [0.29, 0.717) is 5.15 Å². The van der Waals surface area contributed by atoms with Crippen LogP contribution in [0.15, 0.2) is 36.8 Å². The number of halogens is 1. The van der Waals surface area contributed by atoms with Crippen LogP contribution >= 0.6 is 11.6 Å². The summed E-state index contributed by atoms with van der Waals surface area (Å²) in [6, 6.07) is 7.82. The number of anilines is 1. The van der Waals surface area contributed by atoms with E-state index in [-0.39, 0.29) is 0 Å². The Balaban J connectivity index is 1.39. The summed E-state index contributed by atoms with van der Waals surface area (Å²) in [7, 11) is 0. The zero-order valence-electron chi connectivity index (χ0n) is 12.5. The van der Waals surface area contributed by atoms with Crippen LogP contribution in [0.4, 0.5) is 5.82 Å². The molecule has 0 aliphatic carbocycles. The van der Waals surface area contributed by atoms with Gasteiger partial charge >= 0.3 is 0 Å². The minimum atomic E-state index is 0.536. The monoisotopic (exact) mass is 329 g/mol. The molecule has 0 amide bonds. The number of fused-ring (bicyclic) bond motifs is 1. The second kappa shape index (κ2) is 6.10. The van der Waals surface area contributed by atoms with Crippen molar-refractivity contribution in [1.82, 2.24) is 29.7 Å². The quantitative estimate of drug-likeness (QED) is 0.679. The first kappa shape index (κ1) is 14.3. The molecule has 0 saturated carbocycles. The molecule has 0 bridgehead atoms. The van der Waals surface area contributed by atoms with E-state index < -0.39 is 0 Å². The highest BCUT2D eigenvalue weighted by molar-refractivity contribution is 6.29. The van der Waals surface area contributed by atoms with E-state index in [4.69, 9.17) is 11.6 Å². The van der Waals surface area contributed by atoms with Crippen molar-refractivity contribution in [3.05, 3.63) is 47.5 Å². The first-order valence-electron chi connectivity index (χ1n) is 7.53. The van der Waals surface area contributed by atoms with Crippen LogP contribution in [-0.4, -0.2) is 55.9 Å². The molecule has 4 heterocycles. The predicted molar refractivity (Wildman–Crippen MR) is 87.5 cm³/mol. The van der Waals surface area contributed by atoms with Gasteiger partial charge in [-0.2, -0.15) is 4.52 Å². The van der Waals surface area contributed by atoms with Gasteiger partial charge in [0.2, 0.25) is 0 Å². The highest BCUT2D eigenvalue weighted by Crippen LogP contribution is 2.15. The molecule has 4 rings (SSSR count). The summed E-state index contributed by atoms with van der Waals surface area (Å²) in [4.78, 5) is 8.84. The Morgan fingerprint density at radius 3 is 2.70 bits per heavy atom. The van der Waals surface area contributed by atoms with Gasteiger partial charge in [0.05, 0.1) is 0 Å². The minimum absolute atomic E-state index is 0.536. The molecule has 3 aromatic rings. The van der Waals surface area contributed by atoms with Gasteiger partial charge < -0.3 is 4.90 Å². The average Bonchev–Trinajstić information content (AvgIpc) is 3.05. The Morgan fingerprint density at radius 2 is 1.91 bits per heavy atom. The SMILES string of the molecule is Clc1ccc(CN2CCN(c3ccc4nncn4n3)CC2)cn1. The summed E-state index contributed by atoms with van der Waals surface area (Å²) in [6.07, 6.45) is 3.47. The predicted octanol–water partition coefficient (Wildman–Crippen LogP) is 1.49. The first-order valence-corrected chi connectivity index (χ1v) is 7.90. The third kappa shape index (κ3) is 3.11. The van der Waals surface area contributed by atoms with Gasteiger partial charge in [-0.05, 0) is 23.8 Å². The molecule has 7 nitrogen and oxygen atoms in total. The number of aromatic nitrogens is 5. The second-order valence-electron chi connectivity index (χ2n) is 5.58. The molecule has 1 aliphatic rings. The molecule has 1 saturated heterocycles. The number of pyridine rings is 1. The zero-order chi connectivity index (χ0) is 15.6. The lowest BCUT2D eigenvalue weighted by Crippen LogP contribution is -2.46.